The summed E-state index contributed by atoms with van der Waals surface area (Å²) in [5.41, 5.74) is 2.28. The fourth-order valence-corrected chi connectivity index (χ4v) is 6.33. The molecule has 2 aliphatic heterocycles. The molecule has 5 aromatic rings. The maximum Gasteiger partial charge on any atom is 0.259 e. The van der Waals surface area contributed by atoms with Crippen LogP contribution in [0.15, 0.2) is 67.6 Å². The third-order valence-corrected chi connectivity index (χ3v) is 8.62. The van der Waals surface area contributed by atoms with Gasteiger partial charge in [0, 0.05) is 73.5 Å². The van der Waals surface area contributed by atoms with Gasteiger partial charge in [-0.15, -0.1) is 0 Å². The number of likely N-dealkylation sites (tertiary alicyclic amines) is 2. The fraction of sp³-hybridized carbons (Fsp3) is 0.290. The van der Waals surface area contributed by atoms with Crippen LogP contribution in [0.2, 0.25) is 0 Å². The molecule has 0 aliphatic carbocycles. The molecule has 0 atom stereocenters. The highest BCUT2D eigenvalue weighted by Crippen LogP contribution is 2.37. The zero-order valence-electron chi connectivity index (χ0n) is 23.1. The van der Waals surface area contributed by atoms with Gasteiger partial charge in [-0.3, -0.25) is 19.4 Å². The summed E-state index contributed by atoms with van der Waals surface area (Å²) >= 11 is 0. The molecule has 6 heterocycles. The van der Waals surface area contributed by atoms with Gasteiger partial charge < -0.3 is 9.88 Å². The number of nitrogens with zero attached hydrogens (tertiary/aromatic N) is 8. The molecule has 1 amide bonds. The summed E-state index contributed by atoms with van der Waals surface area (Å²) in [5.74, 6) is -2.40. The summed E-state index contributed by atoms with van der Waals surface area (Å²) in [6, 6.07) is 10.2. The molecule has 12 heteroatoms. The lowest BCUT2D eigenvalue weighted by molar-refractivity contribution is -0.0412. The quantitative estimate of drug-likeness (QED) is 0.317. The number of fused-ring (bicyclic) bond motifs is 1. The van der Waals surface area contributed by atoms with Crippen molar-refractivity contribution in [2.24, 2.45) is 0 Å². The van der Waals surface area contributed by atoms with Crippen molar-refractivity contribution in [2.75, 3.05) is 26.2 Å². The number of aromatic amines is 1. The Labute approximate surface area is 245 Å². The number of carbonyl (C=O) groups excluding carboxylic acids is 1. The number of hydrogen-bond donors (Lipinski definition) is 1. The SMILES string of the molecule is N#CCC1(n2cc(-c3ncnc4[nH]ccc34)cn2)CN(C2CCN(C(=O)c3c(F)cc(-c4cccnc4)cc3F)CC2)C1. The number of aromatic nitrogens is 6. The second-order valence-corrected chi connectivity index (χ2v) is 11.2. The first-order valence-electron chi connectivity index (χ1n) is 14.1. The molecule has 1 aromatic carbocycles. The molecule has 43 heavy (non-hydrogen) atoms. The molecule has 10 nitrogen and oxygen atoms in total. The lowest BCUT2D eigenvalue weighted by atomic mass is 9.83. The van der Waals surface area contributed by atoms with Gasteiger partial charge in [0.15, 0.2) is 0 Å². The largest absolute Gasteiger partial charge is 0.346 e. The molecule has 0 saturated carbocycles. The number of amides is 1. The fourth-order valence-electron chi connectivity index (χ4n) is 6.33. The Hall–Kier alpha value is -5.02. The first-order chi connectivity index (χ1) is 21.0. The number of nitrogens with one attached hydrogen (secondary N) is 1. The van der Waals surface area contributed by atoms with Crippen molar-refractivity contribution in [3.05, 3.63) is 84.8 Å². The van der Waals surface area contributed by atoms with Crippen LogP contribution in [0.4, 0.5) is 8.78 Å². The van der Waals surface area contributed by atoms with Crippen molar-refractivity contribution in [1.29, 1.82) is 5.26 Å². The average molecular weight is 580 g/mol. The number of H-pyrrole nitrogens is 1. The third kappa shape index (κ3) is 4.71. The highest BCUT2D eigenvalue weighted by Gasteiger charge is 2.48. The number of benzene rings is 1. The Morgan fingerprint density at radius 2 is 1.86 bits per heavy atom. The Morgan fingerprint density at radius 1 is 1.07 bits per heavy atom. The van der Waals surface area contributed by atoms with E-state index in [1.165, 1.54) is 29.6 Å². The Bertz CT molecular complexity index is 1820. The minimum Gasteiger partial charge on any atom is -0.346 e. The van der Waals surface area contributed by atoms with Crippen LogP contribution in [-0.4, -0.2) is 77.6 Å². The highest BCUT2D eigenvalue weighted by atomic mass is 19.1. The van der Waals surface area contributed by atoms with Crippen LogP contribution in [0.5, 0.6) is 0 Å². The first-order valence-corrected chi connectivity index (χ1v) is 14.1. The Kier molecular flexibility index (Phi) is 6.66. The van der Waals surface area contributed by atoms with E-state index in [9.17, 15) is 10.1 Å². The van der Waals surface area contributed by atoms with Gasteiger partial charge in [0.25, 0.3) is 5.91 Å². The van der Waals surface area contributed by atoms with E-state index < -0.39 is 28.6 Å². The molecule has 216 valence electrons. The van der Waals surface area contributed by atoms with E-state index in [0.29, 0.717) is 56.6 Å². The van der Waals surface area contributed by atoms with Crippen LogP contribution in [0.25, 0.3) is 33.4 Å². The van der Waals surface area contributed by atoms with Crippen molar-refractivity contribution in [3.8, 4) is 28.5 Å². The summed E-state index contributed by atoms with van der Waals surface area (Å²) in [5, 5.41) is 15.2. The molecule has 2 aliphatic rings. The smallest absolute Gasteiger partial charge is 0.259 e. The minimum atomic E-state index is -0.882. The Balaban J connectivity index is 1.01. The van der Waals surface area contributed by atoms with Crippen LogP contribution >= 0.6 is 0 Å². The number of halogens is 2. The summed E-state index contributed by atoms with van der Waals surface area (Å²) in [7, 11) is 0. The maximum absolute atomic E-state index is 15.0. The van der Waals surface area contributed by atoms with Gasteiger partial charge in [0.1, 0.15) is 34.7 Å². The van der Waals surface area contributed by atoms with Crippen LogP contribution < -0.4 is 0 Å². The summed E-state index contributed by atoms with van der Waals surface area (Å²) in [6.07, 6.45) is 11.8. The molecule has 2 saturated heterocycles. The normalized spacial score (nSPS) is 17.1. The predicted octanol–water partition coefficient (Wildman–Crippen LogP) is 4.39. The maximum atomic E-state index is 15.0. The topological polar surface area (TPSA) is 120 Å². The second-order valence-electron chi connectivity index (χ2n) is 11.2. The van der Waals surface area contributed by atoms with E-state index >= 15 is 8.78 Å². The van der Waals surface area contributed by atoms with Gasteiger partial charge in [-0.1, -0.05) is 6.07 Å². The van der Waals surface area contributed by atoms with Gasteiger partial charge in [0.2, 0.25) is 0 Å². The van der Waals surface area contributed by atoms with E-state index in [0.717, 1.165) is 22.3 Å². The summed E-state index contributed by atoms with van der Waals surface area (Å²) < 4.78 is 31.9. The molecule has 1 N–H and O–H groups in total. The standard InChI is InChI=1S/C31H27F2N9O/c32-25-12-21(20-2-1-8-35-14-20)13-26(33)27(25)30(43)40-10-4-23(5-11-40)41-17-31(18-41,6-7-34)42-16-22(15-39-42)28-24-3-9-36-29(24)38-19-37-28/h1-3,8-9,12-16,19,23H,4-6,10-11,17-18H2,(H,36,37,38). The van der Waals surface area contributed by atoms with Gasteiger partial charge in [-0.05, 0) is 42.7 Å². The number of rotatable bonds is 6. The number of piperidine rings is 1. The highest BCUT2D eigenvalue weighted by molar-refractivity contribution is 5.95. The number of pyridine rings is 1. The molecular weight excluding hydrogens is 552 g/mol. The van der Waals surface area contributed by atoms with E-state index in [-0.39, 0.29) is 6.04 Å². The summed E-state index contributed by atoms with van der Waals surface area (Å²) in [4.78, 5) is 32.8. The number of carbonyl (C=O) groups is 1. The van der Waals surface area contributed by atoms with Crippen LogP contribution in [0.1, 0.15) is 29.6 Å². The average Bonchev–Trinajstić information content (AvgIpc) is 3.69. The molecule has 0 unspecified atom stereocenters. The molecule has 2 fully saturated rings. The minimum absolute atomic E-state index is 0.190. The monoisotopic (exact) mass is 579 g/mol. The molecule has 4 aromatic heterocycles. The molecule has 0 spiro atoms. The van der Waals surface area contributed by atoms with E-state index in [4.69, 9.17) is 0 Å². The van der Waals surface area contributed by atoms with E-state index in [1.807, 2.05) is 23.1 Å². The summed E-state index contributed by atoms with van der Waals surface area (Å²) in [6.45, 7) is 2.06. The van der Waals surface area contributed by atoms with Gasteiger partial charge in [-0.2, -0.15) is 10.4 Å². The molecule has 0 radical (unpaired) electrons. The molecule has 0 bridgehead atoms. The number of hydrogen-bond acceptors (Lipinski definition) is 7. The third-order valence-electron chi connectivity index (χ3n) is 8.62. The Morgan fingerprint density at radius 3 is 2.58 bits per heavy atom. The number of nitriles is 1. The second kappa shape index (κ2) is 10.7. The van der Waals surface area contributed by atoms with E-state index in [1.54, 1.807) is 24.5 Å². The lowest BCUT2D eigenvalue weighted by Crippen LogP contribution is -2.66. The van der Waals surface area contributed by atoms with Gasteiger partial charge in [-0.25, -0.2) is 18.7 Å². The first kappa shape index (κ1) is 26.9. The zero-order chi connectivity index (χ0) is 29.6. The van der Waals surface area contributed by atoms with Crippen LogP contribution in [0.3, 0.4) is 0 Å². The van der Waals surface area contributed by atoms with Crippen molar-refractivity contribution in [3.63, 3.8) is 0 Å². The predicted molar refractivity (Wildman–Crippen MR) is 153 cm³/mol. The van der Waals surface area contributed by atoms with E-state index in [2.05, 4.69) is 36.0 Å². The van der Waals surface area contributed by atoms with Gasteiger partial charge in [0.05, 0.1) is 24.4 Å². The van der Waals surface area contributed by atoms with Crippen LogP contribution in [0, 0.1) is 23.0 Å². The van der Waals surface area contributed by atoms with Gasteiger partial charge >= 0.3 is 0 Å². The van der Waals surface area contributed by atoms with Crippen molar-refractivity contribution < 1.29 is 13.6 Å². The van der Waals surface area contributed by atoms with Crippen molar-refractivity contribution in [1.82, 2.24) is 39.5 Å². The zero-order valence-corrected chi connectivity index (χ0v) is 23.1. The molecule has 7 rings (SSSR count). The van der Waals surface area contributed by atoms with Crippen molar-refractivity contribution in [2.45, 2.75) is 30.8 Å². The van der Waals surface area contributed by atoms with Crippen LogP contribution in [-0.2, 0) is 5.54 Å². The molecular formula is C31H27F2N9O. The lowest BCUT2D eigenvalue weighted by Gasteiger charge is -2.53. The van der Waals surface area contributed by atoms with Crippen molar-refractivity contribution >= 4 is 16.9 Å².